The molecule has 0 saturated heterocycles. The Bertz CT molecular complexity index is 623. The highest BCUT2D eigenvalue weighted by Gasteiger charge is 2.19. The SMILES string of the molecule is CCCn1cc(N)cc1C(=O)N(C)Cc1c(C)noc1C. The maximum absolute atomic E-state index is 12.6. The second-order valence-corrected chi connectivity index (χ2v) is 5.32. The van der Waals surface area contributed by atoms with Gasteiger partial charge >= 0.3 is 0 Å². The highest BCUT2D eigenvalue weighted by Crippen LogP contribution is 2.18. The van der Waals surface area contributed by atoms with Gasteiger partial charge in [-0.15, -0.1) is 0 Å². The van der Waals surface area contributed by atoms with Crippen molar-refractivity contribution in [1.82, 2.24) is 14.6 Å². The molecule has 0 aliphatic carbocycles. The third-order valence-corrected chi connectivity index (χ3v) is 3.52. The van der Waals surface area contributed by atoms with Crippen LogP contribution in [0.1, 0.15) is 40.9 Å². The number of nitrogen functional groups attached to an aromatic ring is 1. The Kier molecular flexibility index (Phi) is 4.35. The van der Waals surface area contributed by atoms with Crippen molar-refractivity contribution in [2.45, 2.75) is 40.3 Å². The summed E-state index contributed by atoms with van der Waals surface area (Å²) in [6, 6.07) is 1.72. The number of aromatic nitrogens is 2. The van der Waals surface area contributed by atoms with Crippen molar-refractivity contribution in [3.05, 3.63) is 35.0 Å². The topological polar surface area (TPSA) is 77.3 Å². The Labute approximate surface area is 124 Å². The number of carbonyl (C=O) groups excluding carboxylic acids is 1. The molecular weight excluding hydrogens is 268 g/mol. The predicted octanol–water partition coefficient (Wildman–Crippen LogP) is 2.36. The van der Waals surface area contributed by atoms with Crippen molar-refractivity contribution >= 4 is 11.6 Å². The molecule has 0 aliphatic heterocycles. The molecule has 2 rings (SSSR count). The minimum Gasteiger partial charge on any atom is -0.397 e. The fourth-order valence-corrected chi connectivity index (χ4v) is 2.37. The second-order valence-electron chi connectivity index (χ2n) is 5.32. The van der Waals surface area contributed by atoms with E-state index in [9.17, 15) is 4.79 Å². The van der Waals surface area contributed by atoms with Gasteiger partial charge in [0.05, 0.1) is 17.9 Å². The van der Waals surface area contributed by atoms with Crippen molar-refractivity contribution in [3.63, 3.8) is 0 Å². The molecule has 0 spiro atoms. The zero-order valence-corrected chi connectivity index (χ0v) is 13.0. The number of rotatable bonds is 5. The number of hydrogen-bond acceptors (Lipinski definition) is 4. The van der Waals surface area contributed by atoms with Gasteiger partial charge in [-0.3, -0.25) is 4.79 Å². The number of carbonyl (C=O) groups is 1. The van der Waals surface area contributed by atoms with Crippen molar-refractivity contribution in [2.24, 2.45) is 0 Å². The van der Waals surface area contributed by atoms with Gasteiger partial charge in [-0.05, 0) is 26.3 Å². The van der Waals surface area contributed by atoms with E-state index in [-0.39, 0.29) is 5.91 Å². The molecule has 0 saturated carbocycles. The van der Waals surface area contributed by atoms with Crippen LogP contribution < -0.4 is 5.73 Å². The first-order valence-corrected chi connectivity index (χ1v) is 7.06. The van der Waals surface area contributed by atoms with Gasteiger partial charge < -0.3 is 19.7 Å². The molecule has 6 heteroatoms. The van der Waals surface area contributed by atoms with E-state index in [1.54, 1.807) is 24.2 Å². The Morgan fingerprint density at radius 3 is 2.76 bits per heavy atom. The summed E-state index contributed by atoms with van der Waals surface area (Å²) < 4.78 is 7.04. The van der Waals surface area contributed by atoms with E-state index in [1.165, 1.54) is 0 Å². The predicted molar refractivity (Wildman–Crippen MR) is 80.9 cm³/mol. The fourth-order valence-electron chi connectivity index (χ4n) is 2.37. The van der Waals surface area contributed by atoms with Gasteiger partial charge in [0.15, 0.2) is 0 Å². The van der Waals surface area contributed by atoms with E-state index in [4.69, 9.17) is 10.3 Å². The minimum absolute atomic E-state index is 0.0554. The maximum Gasteiger partial charge on any atom is 0.270 e. The lowest BCUT2D eigenvalue weighted by atomic mass is 10.2. The van der Waals surface area contributed by atoms with Crippen LogP contribution >= 0.6 is 0 Å². The number of nitrogens with zero attached hydrogens (tertiary/aromatic N) is 3. The quantitative estimate of drug-likeness (QED) is 0.917. The summed E-state index contributed by atoms with van der Waals surface area (Å²) in [6.45, 7) is 7.04. The van der Waals surface area contributed by atoms with E-state index < -0.39 is 0 Å². The second kappa shape index (κ2) is 6.03. The summed E-state index contributed by atoms with van der Waals surface area (Å²) in [6.07, 6.45) is 2.75. The Morgan fingerprint density at radius 2 is 2.19 bits per heavy atom. The number of anilines is 1. The smallest absolute Gasteiger partial charge is 0.270 e. The van der Waals surface area contributed by atoms with Gasteiger partial charge in [0.25, 0.3) is 5.91 Å². The van der Waals surface area contributed by atoms with Crippen LogP contribution in [0.3, 0.4) is 0 Å². The molecule has 2 N–H and O–H groups in total. The molecule has 21 heavy (non-hydrogen) atoms. The van der Waals surface area contributed by atoms with Crippen LogP contribution in [-0.4, -0.2) is 27.6 Å². The summed E-state index contributed by atoms with van der Waals surface area (Å²) in [5.74, 6) is 0.691. The lowest BCUT2D eigenvalue weighted by molar-refractivity contribution is 0.0773. The Balaban J connectivity index is 2.20. The van der Waals surface area contributed by atoms with E-state index in [0.717, 1.165) is 30.0 Å². The van der Waals surface area contributed by atoms with Gasteiger partial charge in [0, 0.05) is 25.4 Å². The molecule has 0 atom stereocenters. The molecule has 0 radical (unpaired) electrons. The van der Waals surface area contributed by atoms with E-state index in [0.29, 0.717) is 17.9 Å². The average Bonchev–Trinajstić information content (AvgIpc) is 2.95. The standard InChI is InChI=1S/C15H22N4O2/c1-5-6-19-8-12(16)7-14(19)15(20)18(4)9-13-10(2)17-21-11(13)3/h7-8H,5-6,9,16H2,1-4H3. The molecule has 0 aromatic carbocycles. The van der Waals surface area contributed by atoms with Crippen LogP contribution in [0.5, 0.6) is 0 Å². The normalized spacial score (nSPS) is 10.9. The van der Waals surface area contributed by atoms with Gasteiger partial charge in [-0.1, -0.05) is 12.1 Å². The largest absolute Gasteiger partial charge is 0.397 e. The molecule has 0 fully saturated rings. The lowest BCUT2D eigenvalue weighted by Gasteiger charge is -2.18. The third kappa shape index (κ3) is 3.09. The number of hydrogen-bond donors (Lipinski definition) is 1. The molecule has 2 aromatic rings. The summed E-state index contributed by atoms with van der Waals surface area (Å²) >= 11 is 0. The van der Waals surface area contributed by atoms with Crippen LogP contribution in [-0.2, 0) is 13.1 Å². The van der Waals surface area contributed by atoms with E-state index in [2.05, 4.69) is 12.1 Å². The fraction of sp³-hybridized carbons (Fsp3) is 0.467. The highest BCUT2D eigenvalue weighted by molar-refractivity contribution is 5.93. The molecule has 0 bridgehead atoms. The Hall–Kier alpha value is -2.24. The molecule has 114 valence electrons. The maximum atomic E-state index is 12.6. The number of amides is 1. The van der Waals surface area contributed by atoms with Crippen molar-refractivity contribution in [1.29, 1.82) is 0 Å². The third-order valence-electron chi connectivity index (χ3n) is 3.52. The molecule has 0 aliphatic rings. The minimum atomic E-state index is -0.0554. The summed E-state index contributed by atoms with van der Waals surface area (Å²) in [5, 5.41) is 3.91. The van der Waals surface area contributed by atoms with Crippen LogP contribution in [0.25, 0.3) is 0 Å². The molecular formula is C15H22N4O2. The first-order valence-electron chi connectivity index (χ1n) is 7.06. The van der Waals surface area contributed by atoms with Gasteiger partial charge in [-0.2, -0.15) is 0 Å². The van der Waals surface area contributed by atoms with Gasteiger partial charge in [-0.25, -0.2) is 0 Å². The van der Waals surface area contributed by atoms with Crippen molar-refractivity contribution in [3.8, 4) is 0 Å². The molecule has 2 heterocycles. The summed E-state index contributed by atoms with van der Waals surface area (Å²) in [7, 11) is 1.77. The first-order chi connectivity index (χ1) is 9.93. The lowest BCUT2D eigenvalue weighted by Crippen LogP contribution is -2.28. The zero-order valence-electron chi connectivity index (χ0n) is 13.0. The monoisotopic (exact) mass is 290 g/mol. The van der Waals surface area contributed by atoms with Crippen LogP contribution in [0.2, 0.25) is 0 Å². The van der Waals surface area contributed by atoms with Gasteiger partial charge in [0.2, 0.25) is 0 Å². The van der Waals surface area contributed by atoms with Crippen LogP contribution in [0.15, 0.2) is 16.8 Å². The van der Waals surface area contributed by atoms with Gasteiger partial charge in [0.1, 0.15) is 11.5 Å². The van der Waals surface area contributed by atoms with Crippen LogP contribution in [0.4, 0.5) is 5.69 Å². The van der Waals surface area contributed by atoms with E-state index >= 15 is 0 Å². The Morgan fingerprint density at radius 1 is 1.48 bits per heavy atom. The summed E-state index contributed by atoms with van der Waals surface area (Å²) in [5.41, 5.74) is 8.81. The first kappa shape index (κ1) is 15.2. The molecule has 2 aromatic heterocycles. The van der Waals surface area contributed by atoms with Crippen molar-refractivity contribution < 1.29 is 9.32 Å². The number of nitrogens with two attached hydrogens (primary N) is 1. The van der Waals surface area contributed by atoms with Crippen molar-refractivity contribution in [2.75, 3.05) is 12.8 Å². The summed E-state index contributed by atoms with van der Waals surface area (Å²) in [4.78, 5) is 14.3. The molecule has 0 unspecified atom stereocenters. The van der Waals surface area contributed by atoms with Crippen LogP contribution in [0, 0.1) is 13.8 Å². The average molecular weight is 290 g/mol. The highest BCUT2D eigenvalue weighted by atomic mass is 16.5. The molecule has 6 nitrogen and oxygen atoms in total. The zero-order chi connectivity index (χ0) is 15.6. The molecule has 1 amide bonds. The van der Waals surface area contributed by atoms with E-state index in [1.807, 2.05) is 18.4 Å². The number of aryl methyl sites for hydroxylation is 3.